The standard InChI is InChI=1S/C75H129NO8/c1-3-5-7-9-11-13-15-17-19-21-23-25-27-29-31-33-34-35-36-37-39-41-43-45-47-49-51-53-55-57-59-61-63-65-71(79)76-68(67-83-75-74(82)73(81)72(80)70(66-77)84-75)69(78)64-62-60-58-56-54-52-50-48-46-44-42-40-38-32-30-28-26-24-22-20-18-16-14-12-10-8-6-4-2/h5,7,11,13,17,19,23,25,29,31,34-35,37,39,43,45,54,56,62,64,68-70,72-75,77-78,80-82H,3-4,6,8-10,12,14-16,18,20-22,24,26-28,30,32-33,36,38,40-42,44,46-53,55,57-61,63,65-67H2,1-2H3,(H,76,79)/b7-5-,13-11-,19-17-,25-23-,31-29-,35-34-,39-37-,45-43-,56-54+,64-62+. The number of hydrogen-bond acceptors (Lipinski definition) is 8. The molecule has 0 aromatic carbocycles. The van der Waals surface area contributed by atoms with Crippen LogP contribution in [0.3, 0.4) is 0 Å². The summed E-state index contributed by atoms with van der Waals surface area (Å²) in [5.74, 6) is -0.198. The number of hydrogen-bond donors (Lipinski definition) is 6. The van der Waals surface area contributed by atoms with E-state index >= 15 is 0 Å². The van der Waals surface area contributed by atoms with E-state index in [9.17, 15) is 30.3 Å². The van der Waals surface area contributed by atoms with Gasteiger partial charge in [-0.25, -0.2) is 0 Å². The van der Waals surface area contributed by atoms with Crippen molar-refractivity contribution in [3.05, 3.63) is 122 Å². The lowest BCUT2D eigenvalue weighted by Gasteiger charge is -2.40. The molecule has 0 aromatic rings. The smallest absolute Gasteiger partial charge is 0.220 e. The number of ether oxygens (including phenoxy) is 2. The van der Waals surface area contributed by atoms with Crippen LogP contribution >= 0.6 is 0 Å². The Balaban J connectivity index is 2.20. The van der Waals surface area contributed by atoms with Crippen molar-refractivity contribution in [3.8, 4) is 0 Å². The lowest BCUT2D eigenvalue weighted by Crippen LogP contribution is -2.60. The molecule has 0 spiro atoms. The topological polar surface area (TPSA) is 149 Å². The highest BCUT2D eigenvalue weighted by atomic mass is 16.7. The van der Waals surface area contributed by atoms with Crippen LogP contribution < -0.4 is 5.32 Å². The Hall–Kier alpha value is -3.41. The van der Waals surface area contributed by atoms with Gasteiger partial charge in [-0.05, 0) is 96.3 Å². The molecule has 1 aliphatic heterocycles. The molecule has 1 rings (SSSR count). The maximum atomic E-state index is 13.1. The number of aliphatic hydroxyl groups is 5. The molecule has 0 aromatic heterocycles. The van der Waals surface area contributed by atoms with Crippen molar-refractivity contribution in [2.24, 2.45) is 0 Å². The molecule has 0 aliphatic carbocycles. The van der Waals surface area contributed by atoms with Gasteiger partial charge in [0.1, 0.15) is 24.4 Å². The number of carbonyl (C=O) groups excluding carboxylic acids is 1. The summed E-state index contributed by atoms with van der Waals surface area (Å²) in [6.45, 7) is 3.67. The van der Waals surface area contributed by atoms with E-state index in [2.05, 4.69) is 129 Å². The van der Waals surface area contributed by atoms with E-state index in [-0.39, 0.29) is 12.5 Å². The number of rotatable bonds is 59. The third-order valence-corrected chi connectivity index (χ3v) is 15.8. The average Bonchev–Trinajstić information content (AvgIpc) is 3.70. The van der Waals surface area contributed by atoms with Gasteiger partial charge in [0, 0.05) is 6.42 Å². The molecule has 1 heterocycles. The SMILES string of the molecule is CC/C=C\C/C=C\C/C=C\C/C=C\C/C=C\C/C=C\C/C=C\C/C=C\CCCCCCCCCCC(=O)NC(COC1OC(CO)C(O)C(O)C1O)C(O)/C=C/CC/C=C/CCCCCCCCCCCCCCCCCCCCCCCC. The summed E-state index contributed by atoms with van der Waals surface area (Å²) in [4.78, 5) is 13.1. The van der Waals surface area contributed by atoms with E-state index in [4.69, 9.17) is 9.47 Å². The van der Waals surface area contributed by atoms with Crippen LogP contribution in [0.5, 0.6) is 0 Å². The van der Waals surface area contributed by atoms with Gasteiger partial charge in [-0.3, -0.25) is 4.79 Å². The first-order chi connectivity index (χ1) is 41.3. The Kier molecular flexibility index (Phi) is 58.6. The maximum Gasteiger partial charge on any atom is 0.220 e. The second kappa shape index (κ2) is 62.6. The van der Waals surface area contributed by atoms with Crippen LogP contribution in [0.1, 0.15) is 290 Å². The molecule has 0 bridgehead atoms. The molecule has 6 N–H and O–H groups in total. The Morgan fingerprint density at radius 3 is 1.14 bits per heavy atom. The normalized spacial score (nSPS) is 19.0. The van der Waals surface area contributed by atoms with Gasteiger partial charge in [0.05, 0.1) is 25.4 Å². The van der Waals surface area contributed by atoms with Crippen LogP contribution in [0.2, 0.25) is 0 Å². The fourth-order valence-corrected chi connectivity index (χ4v) is 10.4. The fourth-order valence-electron chi connectivity index (χ4n) is 10.4. The number of allylic oxidation sites excluding steroid dienone is 19. The molecule has 9 nitrogen and oxygen atoms in total. The number of aliphatic hydroxyl groups excluding tert-OH is 5. The number of unbranched alkanes of at least 4 members (excludes halogenated alkanes) is 31. The van der Waals surface area contributed by atoms with E-state index in [1.54, 1.807) is 6.08 Å². The number of amides is 1. The molecule has 84 heavy (non-hydrogen) atoms. The molecule has 1 amide bonds. The number of carbonyl (C=O) groups is 1. The Labute approximate surface area is 516 Å². The van der Waals surface area contributed by atoms with Crippen LogP contribution in [-0.2, 0) is 14.3 Å². The predicted octanol–water partition coefficient (Wildman–Crippen LogP) is 19.0. The average molecular weight is 1170 g/mol. The van der Waals surface area contributed by atoms with Gasteiger partial charge in [0.15, 0.2) is 6.29 Å². The largest absolute Gasteiger partial charge is 0.394 e. The summed E-state index contributed by atoms with van der Waals surface area (Å²) >= 11 is 0. The minimum Gasteiger partial charge on any atom is -0.394 e. The van der Waals surface area contributed by atoms with Gasteiger partial charge in [0.25, 0.3) is 0 Å². The van der Waals surface area contributed by atoms with Crippen LogP contribution in [0.4, 0.5) is 0 Å². The van der Waals surface area contributed by atoms with Gasteiger partial charge in [0.2, 0.25) is 5.91 Å². The highest BCUT2D eigenvalue weighted by Crippen LogP contribution is 2.23. The molecule has 482 valence electrons. The van der Waals surface area contributed by atoms with Gasteiger partial charge in [-0.2, -0.15) is 0 Å². The minimum atomic E-state index is -1.58. The summed E-state index contributed by atoms with van der Waals surface area (Å²) in [6, 6.07) is -0.837. The lowest BCUT2D eigenvalue weighted by atomic mass is 9.99. The molecule has 1 saturated heterocycles. The number of nitrogens with one attached hydrogen (secondary N) is 1. The van der Waals surface area contributed by atoms with E-state index in [0.29, 0.717) is 6.42 Å². The first-order valence-electron chi connectivity index (χ1n) is 34.8. The third-order valence-electron chi connectivity index (χ3n) is 15.8. The van der Waals surface area contributed by atoms with Gasteiger partial charge in [-0.1, -0.05) is 309 Å². The van der Waals surface area contributed by atoms with Crippen LogP contribution in [0.15, 0.2) is 122 Å². The Bertz CT molecular complexity index is 1740. The Morgan fingerprint density at radius 2 is 0.750 bits per heavy atom. The quantitative estimate of drug-likeness (QED) is 0.0261. The first kappa shape index (κ1) is 78.6. The van der Waals surface area contributed by atoms with E-state index in [1.165, 1.54) is 167 Å². The molecule has 1 aliphatic rings. The molecule has 1 fully saturated rings. The first-order valence-corrected chi connectivity index (χ1v) is 34.8. The van der Waals surface area contributed by atoms with Crippen molar-refractivity contribution in [2.75, 3.05) is 13.2 Å². The molecule has 7 atom stereocenters. The summed E-state index contributed by atoms with van der Waals surface area (Å²) in [6.07, 6.45) is 87.2. The monoisotopic (exact) mass is 1170 g/mol. The Morgan fingerprint density at radius 1 is 0.417 bits per heavy atom. The molecule has 7 unspecified atom stereocenters. The summed E-state index contributed by atoms with van der Waals surface area (Å²) in [5.41, 5.74) is 0. The van der Waals surface area contributed by atoms with Gasteiger partial charge < -0.3 is 40.3 Å². The van der Waals surface area contributed by atoms with Gasteiger partial charge in [-0.15, -0.1) is 0 Å². The predicted molar refractivity (Wildman–Crippen MR) is 359 cm³/mol. The van der Waals surface area contributed by atoms with Crippen molar-refractivity contribution >= 4 is 5.91 Å². The lowest BCUT2D eigenvalue weighted by molar-refractivity contribution is -0.302. The van der Waals surface area contributed by atoms with E-state index < -0.39 is 49.5 Å². The van der Waals surface area contributed by atoms with Crippen LogP contribution in [0, 0.1) is 0 Å². The molecule has 0 radical (unpaired) electrons. The zero-order chi connectivity index (χ0) is 60.7. The van der Waals surface area contributed by atoms with Gasteiger partial charge >= 0.3 is 0 Å². The maximum absolute atomic E-state index is 13.1. The van der Waals surface area contributed by atoms with Crippen molar-refractivity contribution in [1.29, 1.82) is 0 Å². The van der Waals surface area contributed by atoms with Crippen molar-refractivity contribution in [1.82, 2.24) is 5.32 Å². The highest BCUT2D eigenvalue weighted by Gasteiger charge is 2.44. The summed E-state index contributed by atoms with van der Waals surface area (Å²) in [7, 11) is 0. The molecule has 9 heteroatoms. The summed E-state index contributed by atoms with van der Waals surface area (Å²) < 4.78 is 11.3. The van der Waals surface area contributed by atoms with Crippen molar-refractivity contribution in [2.45, 2.75) is 333 Å². The van der Waals surface area contributed by atoms with E-state index in [1.807, 2.05) is 6.08 Å². The van der Waals surface area contributed by atoms with Crippen LogP contribution in [-0.4, -0.2) is 87.5 Å². The molecular formula is C75H129NO8. The summed E-state index contributed by atoms with van der Waals surface area (Å²) in [5, 5.41) is 54.7. The van der Waals surface area contributed by atoms with Crippen molar-refractivity contribution < 1.29 is 39.8 Å². The van der Waals surface area contributed by atoms with E-state index in [0.717, 1.165) is 103 Å². The zero-order valence-corrected chi connectivity index (χ0v) is 53.9. The second-order valence-corrected chi connectivity index (χ2v) is 23.6. The molecular weight excluding hydrogens is 1040 g/mol. The minimum absolute atomic E-state index is 0.198. The fraction of sp³-hybridized carbons (Fsp3) is 0.720. The highest BCUT2D eigenvalue weighted by molar-refractivity contribution is 5.76. The second-order valence-electron chi connectivity index (χ2n) is 23.6. The van der Waals surface area contributed by atoms with Crippen LogP contribution in [0.25, 0.3) is 0 Å². The molecule has 0 saturated carbocycles. The zero-order valence-electron chi connectivity index (χ0n) is 53.9. The third kappa shape index (κ3) is 50.7. The van der Waals surface area contributed by atoms with Crippen molar-refractivity contribution in [3.63, 3.8) is 0 Å².